The SMILES string of the molecule is CNc1ccn2nc(-c3cccc(C#N)c3)c(-c3cc(C)nc(C)c3)c2n1. The van der Waals surface area contributed by atoms with E-state index < -0.39 is 0 Å². The molecule has 6 heteroatoms. The van der Waals surface area contributed by atoms with Crippen LogP contribution in [-0.2, 0) is 0 Å². The first-order valence-corrected chi connectivity index (χ1v) is 8.62. The summed E-state index contributed by atoms with van der Waals surface area (Å²) in [6.07, 6.45) is 1.89. The van der Waals surface area contributed by atoms with Crippen LogP contribution < -0.4 is 5.32 Å². The number of pyridine rings is 1. The first-order valence-electron chi connectivity index (χ1n) is 8.62. The van der Waals surface area contributed by atoms with Gasteiger partial charge in [-0.2, -0.15) is 10.4 Å². The van der Waals surface area contributed by atoms with Crippen LogP contribution >= 0.6 is 0 Å². The number of aryl methyl sites for hydroxylation is 2. The Hall–Kier alpha value is -3.72. The maximum atomic E-state index is 9.27. The number of benzene rings is 1. The molecule has 0 saturated carbocycles. The molecular weight excluding hydrogens is 336 g/mol. The van der Waals surface area contributed by atoms with Gasteiger partial charge >= 0.3 is 0 Å². The molecule has 3 heterocycles. The normalized spacial score (nSPS) is 10.7. The first-order chi connectivity index (χ1) is 13.1. The molecule has 0 spiro atoms. The summed E-state index contributed by atoms with van der Waals surface area (Å²) in [6, 6.07) is 15.6. The molecule has 3 aromatic heterocycles. The molecule has 0 saturated heterocycles. The summed E-state index contributed by atoms with van der Waals surface area (Å²) in [5, 5.41) is 17.1. The van der Waals surface area contributed by atoms with E-state index in [1.165, 1.54) is 0 Å². The van der Waals surface area contributed by atoms with Crippen LogP contribution in [0.3, 0.4) is 0 Å². The molecule has 6 nitrogen and oxygen atoms in total. The Morgan fingerprint density at radius 2 is 1.78 bits per heavy atom. The molecule has 1 aromatic carbocycles. The number of aromatic nitrogens is 4. The van der Waals surface area contributed by atoms with Crippen molar-refractivity contribution in [1.82, 2.24) is 19.6 Å². The number of nitrogens with one attached hydrogen (secondary N) is 1. The van der Waals surface area contributed by atoms with E-state index in [0.29, 0.717) is 5.56 Å². The number of hydrogen-bond donors (Lipinski definition) is 1. The molecule has 0 atom stereocenters. The molecule has 4 aromatic rings. The van der Waals surface area contributed by atoms with Crippen molar-refractivity contribution in [2.75, 3.05) is 12.4 Å². The van der Waals surface area contributed by atoms with Gasteiger partial charge in [0.2, 0.25) is 0 Å². The van der Waals surface area contributed by atoms with Crippen molar-refractivity contribution in [3.8, 4) is 28.5 Å². The van der Waals surface area contributed by atoms with Gasteiger partial charge in [0.25, 0.3) is 0 Å². The van der Waals surface area contributed by atoms with Gasteiger partial charge in [0.05, 0.1) is 17.2 Å². The Morgan fingerprint density at radius 1 is 1.00 bits per heavy atom. The molecule has 132 valence electrons. The highest BCUT2D eigenvalue weighted by Crippen LogP contribution is 2.35. The Labute approximate surface area is 157 Å². The van der Waals surface area contributed by atoms with Crippen molar-refractivity contribution < 1.29 is 0 Å². The molecule has 0 fully saturated rings. The van der Waals surface area contributed by atoms with Gasteiger partial charge < -0.3 is 5.32 Å². The number of nitriles is 1. The molecule has 0 unspecified atom stereocenters. The lowest BCUT2D eigenvalue weighted by Crippen LogP contribution is -1.96. The summed E-state index contributed by atoms with van der Waals surface area (Å²) in [5.74, 6) is 0.767. The summed E-state index contributed by atoms with van der Waals surface area (Å²) in [6.45, 7) is 3.95. The largest absolute Gasteiger partial charge is 0.373 e. The minimum atomic E-state index is 0.599. The van der Waals surface area contributed by atoms with Gasteiger partial charge in [-0.05, 0) is 49.7 Å². The summed E-state index contributed by atoms with van der Waals surface area (Å²) < 4.78 is 1.77. The van der Waals surface area contributed by atoms with Gasteiger partial charge in [-0.25, -0.2) is 9.50 Å². The lowest BCUT2D eigenvalue weighted by molar-refractivity contribution is 0.944. The molecule has 0 aliphatic heterocycles. The number of fused-ring (bicyclic) bond motifs is 1. The van der Waals surface area contributed by atoms with Crippen molar-refractivity contribution in [2.45, 2.75) is 13.8 Å². The highest BCUT2D eigenvalue weighted by molar-refractivity contribution is 5.91. The second-order valence-corrected chi connectivity index (χ2v) is 6.39. The lowest BCUT2D eigenvalue weighted by atomic mass is 9.99. The fourth-order valence-corrected chi connectivity index (χ4v) is 3.25. The topological polar surface area (TPSA) is 78.9 Å². The standard InChI is InChI=1S/C21H18N6/c1-13-9-17(10-14(2)24-13)19-20(16-6-4-5-15(11-16)12-22)26-27-8-7-18(23-3)25-21(19)27/h4-11H,1-3H3,(H,23,25). The fraction of sp³-hybridized carbons (Fsp3) is 0.143. The zero-order valence-electron chi connectivity index (χ0n) is 15.4. The zero-order chi connectivity index (χ0) is 19.0. The molecule has 1 N–H and O–H groups in total. The Bertz CT molecular complexity index is 1180. The van der Waals surface area contributed by atoms with Crippen molar-refractivity contribution in [3.63, 3.8) is 0 Å². The van der Waals surface area contributed by atoms with Crippen LogP contribution in [0.1, 0.15) is 17.0 Å². The van der Waals surface area contributed by atoms with Crippen molar-refractivity contribution in [2.24, 2.45) is 0 Å². The summed E-state index contributed by atoms with van der Waals surface area (Å²) >= 11 is 0. The van der Waals surface area contributed by atoms with Gasteiger partial charge in [-0.15, -0.1) is 0 Å². The summed E-state index contributed by atoms with van der Waals surface area (Å²) in [4.78, 5) is 9.21. The first kappa shape index (κ1) is 16.7. The second-order valence-electron chi connectivity index (χ2n) is 6.39. The number of rotatable bonds is 3. The van der Waals surface area contributed by atoms with Crippen LogP contribution in [0.25, 0.3) is 28.0 Å². The van der Waals surface area contributed by atoms with Crippen LogP contribution in [0, 0.1) is 25.2 Å². The molecule has 0 amide bonds. The number of anilines is 1. The average Bonchev–Trinajstić information content (AvgIpc) is 3.05. The van der Waals surface area contributed by atoms with Crippen LogP contribution in [-0.4, -0.2) is 26.6 Å². The minimum Gasteiger partial charge on any atom is -0.373 e. The Balaban J connectivity index is 2.07. The van der Waals surface area contributed by atoms with E-state index in [2.05, 4.69) is 16.4 Å². The summed E-state index contributed by atoms with van der Waals surface area (Å²) in [7, 11) is 1.84. The monoisotopic (exact) mass is 354 g/mol. The molecule has 0 aliphatic rings. The highest BCUT2D eigenvalue weighted by atomic mass is 15.3. The average molecular weight is 354 g/mol. The van der Waals surface area contributed by atoms with Crippen LogP contribution in [0.5, 0.6) is 0 Å². The molecule has 0 radical (unpaired) electrons. The Morgan fingerprint density at radius 3 is 2.48 bits per heavy atom. The third-order valence-electron chi connectivity index (χ3n) is 4.38. The van der Waals surface area contributed by atoms with Crippen molar-refractivity contribution in [1.29, 1.82) is 5.26 Å². The van der Waals surface area contributed by atoms with Gasteiger partial charge in [-0.3, -0.25) is 4.98 Å². The maximum absolute atomic E-state index is 9.27. The smallest absolute Gasteiger partial charge is 0.165 e. The maximum Gasteiger partial charge on any atom is 0.165 e. The van der Waals surface area contributed by atoms with Crippen molar-refractivity contribution >= 4 is 11.5 Å². The van der Waals surface area contributed by atoms with E-state index in [-0.39, 0.29) is 0 Å². The summed E-state index contributed by atoms with van der Waals surface area (Å²) in [5.41, 5.74) is 6.83. The third kappa shape index (κ3) is 3.00. The number of nitrogens with zero attached hydrogens (tertiary/aromatic N) is 5. The second kappa shape index (κ2) is 6.54. The third-order valence-corrected chi connectivity index (χ3v) is 4.38. The van der Waals surface area contributed by atoms with E-state index in [1.54, 1.807) is 10.6 Å². The predicted molar refractivity (Wildman–Crippen MR) is 105 cm³/mol. The Kier molecular flexibility index (Phi) is 4.05. The quantitative estimate of drug-likeness (QED) is 0.602. The van der Waals surface area contributed by atoms with E-state index in [0.717, 1.165) is 45.2 Å². The predicted octanol–water partition coefficient (Wildman–Crippen LogP) is 3.99. The van der Waals surface area contributed by atoms with Gasteiger partial charge in [0.15, 0.2) is 5.65 Å². The minimum absolute atomic E-state index is 0.599. The van der Waals surface area contributed by atoms with Gasteiger partial charge in [0, 0.05) is 30.2 Å². The zero-order valence-corrected chi connectivity index (χ0v) is 15.4. The molecule has 0 aliphatic carbocycles. The van der Waals surface area contributed by atoms with Crippen molar-refractivity contribution in [3.05, 3.63) is 65.6 Å². The highest BCUT2D eigenvalue weighted by Gasteiger charge is 2.19. The molecule has 27 heavy (non-hydrogen) atoms. The molecule has 0 bridgehead atoms. The van der Waals surface area contributed by atoms with E-state index in [4.69, 9.17) is 10.1 Å². The van der Waals surface area contributed by atoms with Crippen LogP contribution in [0.4, 0.5) is 5.82 Å². The van der Waals surface area contributed by atoms with Gasteiger partial charge in [-0.1, -0.05) is 12.1 Å². The van der Waals surface area contributed by atoms with Crippen LogP contribution in [0.15, 0.2) is 48.7 Å². The van der Waals surface area contributed by atoms with Gasteiger partial charge in [0.1, 0.15) is 11.5 Å². The van der Waals surface area contributed by atoms with E-state index in [1.807, 2.05) is 63.5 Å². The fourth-order valence-electron chi connectivity index (χ4n) is 3.25. The van der Waals surface area contributed by atoms with E-state index >= 15 is 0 Å². The lowest BCUT2D eigenvalue weighted by Gasteiger charge is -2.07. The van der Waals surface area contributed by atoms with E-state index in [9.17, 15) is 5.26 Å². The molecule has 4 rings (SSSR count). The molecular formula is C21H18N6. The number of hydrogen-bond acceptors (Lipinski definition) is 5. The van der Waals surface area contributed by atoms with Crippen LogP contribution in [0.2, 0.25) is 0 Å².